The van der Waals surface area contributed by atoms with E-state index >= 15 is 0 Å². The van der Waals surface area contributed by atoms with Crippen LogP contribution in [0.4, 0.5) is 0 Å². The first kappa shape index (κ1) is 6.99. The van der Waals surface area contributed by atoms with Gasteiger partial charge in [-0.1, -0.05) is 0 Å². The zero-order valence-electron chi connectivity index (χ0n) is 5.76. The lowest BCUT2D eigenvalue weighted by atomic mass is 10.2. The van der Waals surface area contributed by atoms with Crippen LogP contribution in [-0.2, 0) is 4.74 Å². The molecule has 1 fully saturated rings. The summed E-state index contributed by atoms with van der Waals surface area (Å²) >= 11 is 0. The number of nitrogens with two attached hydrogens (primary N) is 1. The third-order valence-electron chi connectivity index (χ3n) is 1.77. The average molecular weight is 130 g/mol. The van der Waals surface area contributed by atoms with Gasteiger partial charge in [0.05, 0.1) is 6.10 Å². The number of hydrogen-bond donors (Lipinski definition) is 2. The summed E-state index contributed by atoms with van der Waals surface area (Å²) in [7, 11) is 1.74. The van der Waals surface area contributed by atoms with Gasteiger partial charge < -0.3 is 4.74 Å². The summed E-state index contributed by atoms with van der Waals surface area (Å²) < 4.78 is 5.17. The topological polar surface area (TPSA) is 47.3 Å². The minimum Gasteiger partial charge on any atom is -0.380 e. The maximum absolute atomic E-state index is 5.17. The quantitative estimate of drug-likeness (QED) is 0.412. The number of ether oxygens (including phenoxy) is 1. The Kier molecular flexibility index (Phi) is 2.45. The molecular formula is C6H14N2O. The molecule has 1 saturated carbocycles. The second kappa shape index (κ2) is 3.15. The minimum absolute atomic E-state index is 0.343. The van der Waals surface area contributed by atoms with E-state index in [1.807, 2.05) is 0 Å². The summed E-state index contributed by atoms with van der Waals surface area (Å²) in [5.41, 5.74) is 2.62. The van der Waals surface area contributed by atoms with Crippen LogP contribution in [-0.4, -0.2) is 19.8 Å². The van der Waals surface area contributed by atoms with Gasteiger partial charge in [0.1, 0.15) is 0 Å². The van der Waals surface area contributed by atoms with Crippen LogP contribution in [0.15, 0.2) is 0 Å². The summed E-state index contributed by atoms with van der Waals surface area (Å²) in [6, 6.07) is 0. The van der Waals surface area contributed by atoms with Gasteiger partial charge in [0.2, 0.25) is 0 Å². The van der Waals surface area contributed by atoms with Crippen LogP contribution in [0, 0.1) is 5.92 Å². The number of nitrogens with one attached hydrogen (secondary N) is 1. The Morgan fingerprint density at radius 1 is 1.78 bits per heavy atom. The van der Waals surface area contributed by atoms with E-state index in [1.54, 1.807) is 7.11 Å². The van der Waals surface area contributed by atoms with Gasteiger partial charge in [-0.3, -0.25) is 11.3 Å². The Morgan fingerprint density at radius 2 is 2.44 bits per heavy atom. The van der Waals surface area contributed by atoms with Gasteiger partial charge in [-0.15, -0.1) is 0 Å². The van der Waals surface area contributed by atoms with Crippen molar-refractivity contribution in [2.45, 2.75) is 18.9 Å². The van der Waals surface area contributed by atoms with Crippen molar-refractivity contribution in [2.24, 2.45) is 11.8 Å². The Bertz CT molecular complexity index is 83.1. The Balaban J connectivity index is 2.12. The van der Waals surface area contributed by atoms with E-state index in [-0.39, 0.29) is 0 Å². The van der Waals surface area contributed by atoms with Gasteiger partial charge in [0, 0.05) is 13.7 Å². The van der Waals surface area contributed by atoms with E-state index in [2.05, 4.69) is 5.43 Å². The molecule has 1 aliphatic carbocycles. The van der Waals surface area contributed by atoms with Gasteiger partial charge in [0.25, 0.3) is 0 Å². The van der Waals surface area contributed by atoms with E-state index in [1.165, 1.54) is 12.8 Å². The standard InChI is InChI=1S/C6H14N2O/c1-9-6(4-8-7)5-2-3-5/h5-6,8H,2-4,7H2,1H3. The molecule has 3 heteroatoms. The van der Waals surface area contributed by atoms with Crippen LogP contribution >= 0.6 is 0 Å². The molecular weight excluding hydrogens is 116 g/mol. The smallest absolute Gasteiger partial charge is 0.0737 e. The van der Waals surface area contributed by atoms with E-state index in [4.69, 9.17) is 10.6 Å². The number of rotatable bonds is 4. The summed E-state index contributed by atoms with van der Waals surface area (Å²) in [4.78, 5) is 0. The normalized spacial score (nSPS) is 22.0. The lowest BCUT2D eigenvalue weighted by Gasteiger charge is -2.12. The molecule has 1 unspecified atom stereocenters. The molecule has 9 heavy (non-hydrogen) atoms. The van der Waals surface area contributed by atoms with E-state index in [0.29, 0.717) is 6.10 Å². The third kappa shape index (κ3) is 1.93. The highest BCUT2D eigenvalue weighted by molar-refractivity contribution is 4.82. The minimum atomic E-state index is 0.343. The molecule has 3 nitrogen and oxygen atoms in total. The Labute approximate surface area is 55.5 Å². The van der Waals surface area contributed by atoms with Gasteiger partial charge in [-0.25, -0.2) is 0 Å². The molecule has 0 saturated heterocycles. The first-order valence-electron chi connectivity index (χ1n) is 3.34. The van der Waals surface area contributed by atoms with Crippen LogP contribution in [0.25, 0.3) is 0 Å². The molecule has 3 N–H and O–H groups in total. The second-order valence-electron chi connectivity index (χ2n) is 2.52. The highest BCUT2D eigenvalue weighted by Gasteiger charge is 2.30. The number of methoxy groups -OCH3 is 1. The molecule has 0 spiro atoms. The zero-order chi connectivity index (χ0) is 6.69. The first-order valence-corrected chi connectivity index (χ1v) is 3.34. The van der Waals surface area contributed by atoms with Crippen molar-refractivity contribution in [1.29, 1.82) is 0 Å². The highest BCUT2D eigenvalue weighted by Crippen LogP contribution is 2.33. The molecule has 1 aliphatic rings. The summed E-state index contributed by atoms with van der Waals surface area (Å²) in [5, 5.41) is 0. The molecule has 1 rings (SSSR count). The van der Waals surface area contributed by atoms with Crippen molar-refractivity contribution in [3.05, 3.63) is 0 Å². The fourth-order valence-corrected chi connectivity index (χ4v) is 1.03. The number of hydrogen-bond acceptors (Lipinski definition) is 3. The Morgan fingerprint density at radius 3 is 2.78 bits per heavy atom. The van der Waals surface area contributed by atoms with Crippen LogP contribution in [0.5, 0.6) is 0 Å². The monoisotopic (exact) mass is 130 g/mol. The molecule has 0 aliphatic heterocycles. The SMILES string of the molecule is COC(CNN)C1CC1. The lowest BCUT2D eigenvalue weighted by molar-refractivity contribution is 0.0841. The van der Waals surface area contributed by atoms with Crippen molar-refractivity contribution in [2.75, 3.05) is 13.7 Å². The molecule has 0 aromatic carbocycles. The summed E-state index contributed by atoms with van der Waals surface area (Å²) in [6.45, 7) is 0.779. The van der Waals surface area contributed by atoms with Crippen molar-refractivity contribution >= 4 is 0 Å². The van der Waals surface area contributed by atoms with Crippen molar-refractivity contribution < 1.29 is 4.74 Å². The molecule has 0 aromatic heterocycles. The van der Waals surface area contributed by atoms with Gasteiger partial charge >= 0.3 is 0 Å². The van der Waals surface area contributed by atoms with E-state index < -0.39 is 0 Å². The van der Waals surface area contributed by atoms with Crippen molar-refractivity contribution in [3.63, 3.8) is 0 Å². The van der Waals surface area contributed by atoms with Crippen molar-refractivity contribution in [1.82, 2.24) is 5.43 Å². The molecule has 1 atom stereocenters. The van der Waals surface area contributed by atoms with Crippen LogP contribution < -0.4 is 11.3 Å². The van der Waals surface area contributed by atoms with Gasteiger partial charge in [-0.05, 0) is 18.8 Å². The number of hydrazine groups is 1. The summed E-state index contributed by atoms with van der Waals surface area (Å²) in [6.07, 6.45) is 2.95. The van der Waals surface area contributed by atoms with Crippen LogP contribution in [0.1, 0.15) is 12.8 Å². The Hall–Kier alpha value is -0.120. The molecule has 0 amide bonds. The predicted octanol–water partition coefficient (Wildman–Crippen LogP) is -0.125. The largest absolute Gasteiger partial charge is 0.380 e. The molecule has 0 heterocycles. The first-order chi connectivity index (χ1) is 4.38. The fourth-order valence-electron chi connectivity index (χ4n) is 1.03. The molecule has 0 radical (unpaired) electrons. The van der Waals surface area contributed by atoms with Crippen molar-refractivity contribution in [3.8, 4) is 0 Å². The lowest BCUT2D eigenvalue weighted by Crippen LogP contribution is -2.34. The zero-order valence-corrected chi connectivity index (χ0v) is 5.76. The van der Waals surface area contributed by atoms with Gasteiger partial charge in [0.15, 0.2) is 0 Å². The average Bonchev–Trinajstić information content (AvgIpc) is 2.64. The molecule has 0 aromatic rings. The van der Waals surface area contributed by atoms with Gasteiger partial charge in [-0.2, -0.15) is 0 Å². The van der Waals surface area contributed by atoms with Crippen LogP contribution in [0.2, 0.25) is 0 Å². The van der Waals surface area contributed by atoms with E-state index in [0.717, 1.165) is 12.5 Å². The molecule has 54 valence electrons. The maximum atomic E-state index is 5.17. The molecule has 0 bridgehead atoms. The maximum Gasteiger partial charge on any atom is 0.0737 e. The van der Waals surface area contributed by atoms with E-state index in [9.17, 15) is 0 Å². The second-order valence-corrected chi connectivity index (χ2v) is 2.52. The summed E-state index contributed by atoms with van der Waals surface area (Å²) in [5.74, 6) is 5.91. The highest BCUT2D eigenvalue weighted by atomic mass is 16.5. The van der Waals surface area contributed by atoms with Crippen LogP contribution in [0.3, 0.4) is 0 Å². The fraction of sp³-hybridized carbons (Fsp3) is 1.00. The predicted molar refractivity (Wildman–Crippen MR) is 35.7 cm³/mol. The third-order valence-corrected chi connectivity index (χ3v) is 1.77.